The maximum absolute atomic E-state index is 9.31. The number of rotatable bonds is 1. The molecule has 0 bridgehead atoms. The number of piperidine rings is 1. The van der Waals surface area contributed by atoms with Gasteiger partial charge in [-0.05, 0) is 33.0 Å². The fourth-order valence-electron chi connectivity index (χ4n) is 2.77. The molecule has 0 saturated carbocycles. The summed E-state index contributed by atoms with van der Waals surface area (Å²) in [6.45, 7) is 3.80. The van der Waals surface area contributed by atoms with E-state index in [0.29, 0.717) is 6.04 Å². The molecule has 3 heterocycles. The van der Waals surface area contributed by atoms with E-state index in [1.807, 2.05) is 4.68 Å². The molecule has 0 aromatic carbocycles. The molecule has 0 aliphatic carbocycles. The van der Waals surface area contributed by atoms with E-state index >= 15 is 0 Å². The van der Waals surface area contributed by atoms with E-state index in [-0.39, 0.29) is 0 Å². The van der Waals surface area contributed by atoms with Gasteiger partial charge in [0.15, 0.2) is 0 Å². The Balaban J connectivity index is 1.91. The molecule has 1 N–H and O–H groups in total. The first kappa shape index (κ1) is 10.8. The van der Waals surface area contributed by atoms with Gasteiger partial charge in [0, 0.05) is 18.7 Å². The molecule has 0 radical (unpaired) electrons. The summed E-state index contributed by atoms with van der Waals surface area (Å²) in [5.41, 5.74) is 2.96. The van der Waals surface area contributed by atoms with Crippen molar-refractivity contribution in [1.82, 2.24) is 20.0 Å². The third-order valence-electron chi connectivity index (χ3n) is 3.83. The van der Waals surface area contributed by atoms with Crippen LogP contribution in [-0.4, -0.2) is 34.8 Å². The minimum atomic E-state index is 0.409. The first-order valence-corrected chi connectivity index (χ1v) is 6.19. The molecule has 1 saturated heterocycles. The second-order valence-electron chi connectivity index (χ2n) is 4.97. The standard InChI is InChI=1S/C12H17N5/c1-16-4-2-9(3-5-16)17-12(6-13)10-7-14-8-11(10)15-17/h9,14H,2-5,7-8H2,1H3. The summed E-state index contributed by atoms with van der Waals surface area (Å²) in [7, 11) is 2.15. The van der Waals surface area contributed by atoms with Crippen molar-refractivity contribution in [2.45, 2.75) is 32.0 Å². The molecule has 2 aliphatic rings. The van der Waals surface area contributed by atoms with Crippen molar-refractivity contribution in [3.63, 3.8) is 0 Å². The van der Waals surface area contributed by atoms with Gasteiger partial charge in [-0.1, -0.05) is 0 Å². The van der Waals surface area contributed by atoms with E-state index in [1.54, 1.807) is 0 Å². The molecule has 0 spiro atoms. The van der Waals surface area contributed by atoms with Gasteiger partial charge >= 0.3 is 0 Å². The van der Waals surface area contributed by atoms with Crippen molar-refractivity contribution in [2.24, 2.45) is 0 Å². The summed E-state index contributed by atoms with van der Waals surface area (Å²) in [6.07, 6.45) is 2.19. The van der Waals surface area contributed by atoms with E-state index in [0.717, 1.165) is 56.0 Å². The Kier molecular flexibility index (Phi) is 2.61. The topological polar surface area (TPSA) is 56.9 Å². The van der Waals surface area contributed by atoms with E-state index < -0.39 is 0 Å². The monoisotopic (exact) mass is 231 g/mol. The zero-order valence-corrected chi connectivity index (χ0v) is 10.1. The molecule has 0 atom stereocenters. The average molecular weight is 231 g/mol. The normalized spacial score (nSPS) is 21.4. The number of nitrogens with zero attached hydrogens (tertiary/aromatic N) is 4. The van der Waals surface area contributed by atoms with Gasteiger partial charge in [0.1, 0.15) is 11.8 Å². The molecule has 5 nitrogen and oxygen atoms in total. The predicted molar refractivity (Wildman–Crippen MR) is 63.3 cm³/mol. The van der Waals surface area contributed by atoms with Crippen molar-refractivity contribution >= 4 is 0 Å². The van der Waals surface area contributed by atoms with Crippen molar-refractivity contribution in [3.05, 3.63) is 17.0 Å². The van der Waals surface area contributed by atoms with Crippen LogP contribution in [0.1, 0.15) is 35.8 Å². The smallest absolute Gasteiger partial charge is 0.143 e. The van der Waals surface area contributed by atoms with Crippen molar-refractivity contribution in [2.75, 3.05) is 20.1 Å². The molecule has 0 amide bonds. The van der Waals surface area contributed by atoms with E-state index in [1.165, 1.54) is 0 Å². The highest BCUT2D eigenvalue weighted by Gasteiger charge is 2.27. The first-order chi connectivity index (χ1) is 8.29. The molecule has 17 heavy (non-hydrogen) atoms. The highest BCUT2D eigenvalue weighted by atomic mass is 15.3. The van der Waals surface area contributed by atoms with Crippen LogP contribution in [0.3, 0.4) is 0 Å². The minimum absolute atomic E-state index is 0.409. The second-order valence-corrected chi connectivity index (χ2v) is 4.97. The molecule has 2 aliphatic heterocycles. The van der Waals surface area contributed by atoms with Gasteiger partial charge in [-0.25, -0.2) is 0 Å². The molecule has 5 heteroatoms. The van der Waals surface area contributed by atoms with Gasteiger partial charge < -0.3 is 10.2 Å². The van der Waals surface area contributed by atoms with Gasteiger partial charge in [-0.3, -0.25) is 4.68 Å². The molecular formula is C12H17N5. The lowest BCUT2D eigenvalue weighted by Gasteiger charge is -2.29. The largest absolute Gasteiger partial charge is 0.307 e. The number of likely N-dealkylation sites (tertiary alicyclic amines) is 1. The van der Waals surface area contributed by atoms with Crippen LogP contribution in [0.25, 0.3) is 0 Å². The molecule has 1 aromatic heterocycles. The zero-order valence-electron chi connectivity index (χ0n) is 10.1. The number of hydrogen-bond acceptors (Lipinski definition) is 4. The molecule has 3 rings (SSSR count). The maximum Gasteiger partial charge on any atom is 0.143 e. The van der Waals surface area contributed by atoms with Gasteiger partial charge in [0.05, 0.1) is 11.7 Å². The van der Waals surface area contributed by atoms with Crippen molar-refractivity contribution in [3.8, 4) is 6.07 Å². The molecule has 1 aromatic rings. The van der Waals surface area contributed by atoms with Crippen LogP contribution < -0.4 is 5.32 Å². The zero-order chi connectivity index (χ0) is 11.8. The quantitative estimate of drug-likeness (QED) is 0.770. The third-order valence-corrected chi connectivity index (χ3v) is 3.83. The van der Waals surface area contributed by atoms with Gasteiger partial charge in [0.2, 0.25) is 0 Å². The summed E-state index contributed by atoms with van der Waals surface area (Å²) in [4.78, 5) is 2.33. The van der Waals surface area contributed by atoms with Crippen LogP contribution in [0.4, 0.5) is 0 Å². The van der Waals surface area contributed by atoms with Crippen LogP contribution in [0.2, 0.25) is 0 Å². The first-order valence-electron chi connectivity index (χ1n) is 6.19. The number of hydrogen-bond donors (Lipinski definition) is 1. The Hall–Kier alpha value is -1.38. The van der Waals surface area contributed by atoms with Gasteiger partial charge in [0.25, 0.3) is 0 Å². The summed E-state index contributed by atoms with van der Waals surface area (Å²) >= 11 is 0. The maximum atomic E-state index is 9.31. The summed E-state index contributed by atoms with van der Waals surface area (Å²) in [5.74, 6) is 0. The summed E-state index contributed by atoms with van der Waals surface area (Å²) in [6, 6.07) is 2.74. The molecular weight excluding hydrogens is 214 g/mol. The minimum Gasteiger partial charge on any atom is -0.307 e. The van der Waals surface area contributed by atoms with Crippen LogP contribution in [0.5, 0.6) is 0 Å². The van der Waals surface area contributed by atoms with Crippen molar-refractivity contribution in [1.29, 1.82) is 5.26 Å². The molecule has 1 fully saturated rings. The SMILES string of the molecule is CN1CCC(n2nc3c(c2C#N)CNC3)CC1. The van der Waals surface area contributed by atoms with Crippen LogP contribution in [-0.2, 0) is 13.1 Å². The average Bonchev–Trinajstić information content (AvgIpc) is 2.89. The summed E-state index contributed by atoms with van der Waals surface area (Å²) < 4.78 is 1.98. The van der Waals surface area contributed by atoms with Gasteiger partial charge in [-0.2, -0.15) is 10.4 Å². The van der Waals surface area contributed by atoms with Gasteiger partial charge in [-0.15, -0.1) is 0 Å². The van der Waals surface area contributed by atoms with Crippen molar-refractivity contribution < 1.29 is 0 Å². The summed E-state index contributed by atoms with van der Waals surface area (Å²) in [5, 5.41) is 17.2. The lowest BCUT2D eigenvalue weighted by molar-refractivity contribution is 0.211. The second kappa shape index (κ2) is 4.13. The fourth-order valence-corrected chi connectivity index (χ4v) is 2.77. The van der Waals surface area contributed by atoms with E-state index in [9.17, 15) is 5.26 Å². The van der Waals surface area contributed by atoms with Crippen LogP contribution >= 0.6 is 0 Å². The predicted octanol–water partition coefficient (Wildman–Crippen LogP) is 0.625. The van der Waals surface area contributed by atoms with Crippen LogP contribution in [0, 0.1) is 11.3 Å². The Bertz CT molecular complexity index is 462. The Morgan fingerprint density at radius 3 is 2.82 bits per heavy atom. The molecule has 0 unspecified atom stereocenters. The third kappa shape index (κ3) is 1.74. The van der Waals surface area contributed by atoms with E-state index in [2.05, 4.69) is 28.4 Å². The number of aromatic nitrogens is 2. The number of nitriles is 1. The fraction of sp³-hybridized carbons (Fsp3) is 0.667. The Labute approximate surface area is 101 Å². The highest BCUT2D eigenvalue weighted by molar-refractivity contribution is 5.38. The lowest BCUT2D eigenvalue weighted by Crippen LogP contribution is -2.32. The molecule has 90 valence electrons. The van der Waals surface area contributed by atoms with Crippen LogP contribution in [0.15, 0.2) is 0 Å². The Morgan fingerprint density at radius 2 is 2.12 bits per heavy atom. The Morgan fingerprint density at radius 1 is 1.35 bits per heavy atom. The highest BCUT2D eigenvalue weighted by Crippen LogP contribution is 2.27. The number of nitrogens with one attached hydrogen (secondary N) is 1. The van der Waals surface area contributed by atoms with E-state index in [4.69, 9.17) is 0 Å². The lowest BCUT2D eigenvalue weighted by atomic mass is 10.1. The number of fused-ring (bicyclic) bond motifs is 1.